The number of carbonyl (C=O) groups is 4. The number of nitro groups is 1. The molecule has 0 spiro atoms. The molecule has 37 heavy (non-hydrogen) atoms. The summed E-state index contributed by atoms with van der Waals surface area (Å²) in [5, 5.41) is 10.8. The summed E-state index contributed by atoms with van der Waals surface area (Å²) in [6, 6.07) is 10.8. The Balaban J connectivity index is 1.81. The maximum absolute atomic E-state index is 13.5. The molecular weight excluding hydrogens is 568 g/mol. The van der Waals surface area contributed by atoms with Crippen molar-refractivity contribution in [1.82, 2.24) is 10.0 Å². The van der Waals surface area contributed by atoms with Crippen molar-refractivity contribution in [1.29, 1.82) is 0 Å². The predicted octanol–water partition coefficient (Wildman–Crippen LogP) is 6.05. The molecule has 3 amide bonds. The van der Waals surface area contributed by atoms with Gasteiger partial charge in [-0.3, -0.25) is 29.3 Å². The number of ketones is 1. The van der Waals surface area contributed by atoms with Crippen LogP contribution in [0.25, 0.3) is 0 Å². The minimum absolute atomic E-state index is 0.132. The van der Waals surface area contributed by atoms with Gasteiger partial charge in [0.1, 0.15) is 6.54 Å². The van der Waals surface area contributed by atoms with E-state index in [9.17, 15) is 29.3 Å². The van der Waals surface area contributed by atoms with Gasteiger partial charge in [-0.15, -0.1) is 0 Å². The van der Waals surface area contributed by atoms with Crippen molar-refractivity contribution < 1.29 is 24.1 Å². The van der Waals surface area contributed by atoms with Crippen LogP contribution in [0.4, 0.5) is 5.69 Å². The van der Waals surface area contributed by atoms with Crippen LogP contribution in [0.5, 0.6) is 0 Å². The maximum atomic E-state index is 13.5. The van der Waals surface area contributed by atoms with E-state index in [1.54, 1.807) is 12.1 Å². The minimum atomic E-state index is -1.06. The van der Waals surface area contributed by atoms with Crippen LogP contribution in [-0.4, -0.2) is 45.0 Å². The number of amides is 3. The third kappa shape index (κ3) is 4.67. The predicted molar refractivity (Wildman–Crippen MR) is 137 cm³/mol. The highest BCUT2D eigenvalue weighted by molar-refractivity contribution is 6.55. The lowest BCUT2D eigenvalue weighted by Gasteiger charge is -2.29. The zero-order chi connectivity index (χ0) is 27.2. The molecule has 0 bridgehead atoms. The number of hydrazine groups is 1. The number of imide groups is 1. The van der Waals surface area contributed by atoms with E-state index in [2.05, 4.69) is 0 Å². The average molecular weight is 581 g/mol. The van der Waals surface area contributed by atoms with Crippen molar-refractivity contribution in [3.8, 4) is 0 Å². The summed E-state index contributed by atoms with van der Waals surface area (Å²) in [6.07, 6.45) is 0. The molecule has 0 unspecified atom stereocenters. The van der Waals surface area contributed by atoms with E-state index >= 15 is 0 Å². The number of nitrogens with zero attached hydrogens (tertiary/aromatic N) is 3. The molecule has 13 heteroatoms. The summed E-state index contributed by atoms with van der Waals surface area (Å²) in [7, 11) is 0. The van der Waals surface area contributed by atoms with Crippen molar-refractivity contribution in [2.24, 2.45) is 0 Å². The van der Waals surface area contributed by atoms with Crippen LogP contribution in [0.15, 0.2) is 48.5 Å². The maximum Gasteiger partial charge on any atom is 0.282 e. The summed E-state index contributed by atoms with van der Waals surface area (Å²) in [5.74, 6) is -3.68. The zero-order valence-corrected chi connectivity index (χ0v) is 21.7. The minimum Gasteiger partial charge on any atom is -0.292 e. The number of aryl methyl sites for hydroxylation is 1. The zero-order valence-electron chi connectivity index (χ0n) is 18.6. The lowest BCUT2D eigenvalue weighted by molar-refractivity contribution is -0.384. The second-order valence-corrected chi connectivity index (χ2v) is 9.40. The van der Waals surface area contributed by atoms with Crippen molar-refractivity contribution >= 4 is 75.6 Å². The van der Waals surface area contributed by atoms with E-state index in [1.165, 1.54) is 12.1 Å². The highest BCUT2D eigenvalue weighted by atomic mass is 35.5. The molecule has 1 heterocycles. The van der Waals surface area contributed by atoms with Crippen LogP contribution in [0.2, 0.25) is 20.1 Å². The first-order valence-corrected chi connectivity index (χ1v) is 11.9. The summed E-state index contributed by atoms with van der Waals surface area (Å²) < 4.78 is 0. The van der Waals surface area contributed by atoms with E-state index in [0.717, 1.165) is 29.8 Å². The quantitative estimate of drug-likeness (QED) is 0.0874. The van der Waals surface area contributed by atoms with Crippen LogP contribution < -0.4 is 0 Å². The molecule has 0 fully saturated rings. The summed E-state index contributed by atoms with van der Waals surface area (Å²) >= 11 is 24.5. The average Bonchev–Trinajstić information content (AvgIpc) is 3.14. The first-order chi connectivity index (χ1) is 17.4. The van der Waals surface area contributed by atoms with Crippen molar-refractivity contribution in [2.45, 2.75) is 6.92 Å². The van der Waals surface area contributed by atoms with E-state index < -0.39 is 35.0 Å². The number of carbonyl (C=O) groups excluding carboxylic acids is 4. The topological polar surface area (TPSA) is 118 Å². The Labute approximate surface area is 229 Å². The van der Waals surface area contributed by atoms with Crippen LogP contribution in [0, 0.1) is 17.0 Å². The molecule has 0 aromatic heterocycles. The standard InChI is InChI=1S/C24H13Cl4N3O6/c1-11-2-4-12(5-3-11)15(32)10-29(22(33)13-6-8-14(9-7-13)31(36)37)30-23(34)16-17(24(30)35)19(26)21(28)20(27)18(16)25/h2-9H,10H2,1H3. The number of benzene rings is 3. The molecule has 4 rings (SSSR count). The molecule has 0 aliphatic carbocycles. The lowest BCUT2D eigenvalue weighted by Crippen LogP contribution is -2.51. The number of rotatable bonds is 6. The number of fused-ring (bicyclic) bond motifs is 1. The highest BCUT2D eigenvalue weighted by Gasteiger charge is 2.46. The van der Waals surface area contributed by atoms with Crippen LogP contribution in [0.3, 0.4) is 0 Å². The molecular formula is C24H13Cl4N3O6. The molecule has 1 aliphatic heterocycles. The molecule has 0 atom stereocenters. The fourth-order valence-electron chi connectivity index (χ4n) is 3.63. The van der Waals surface area contributed by atoms with Gasteiger partial charge in [0.05, 0.1) is 36.1 Å². The summed E-state index contributed by atoms with van der Waals surface area (Å²) in [5.41, 5.74) is -0.0835. The molecule has 0 saturated heterocycles. The first kappa shape index (κ1) is 26.6. The second-order valence-electron chi connectivity index (χ2n) is 7.88. The Morgan fingerprint density at radius 1 is 0.811 bits per heavy atom. The third-order valence-electron chi connectivity index (χ3n) is 5.55. The number of hydrogen-bond donors (Lipinski definition) is 0. The van der Waals surface area contributed by atoms with Gasteiger partial charge in [0.15, 0.2) is 5.78 Å². The molecule has 9 nitrogen and oxygen atoms in total. The molecule has 188 valence electrons. The second kappa shape index (κ2) is 10.1. The smallest absolute Gasteiger partial charge is 0.282 e. The Morgan fingerprint density at radius 3 is 1.73 bits per heavy atom. The Hall–Kier alpha value is -3.50. The van der Waals surface area contributed by atoms with Gasteiger partial charge in [-0.25, -0.2) is 5.01 Å². The van der Waals surface area contributed by atoms with Crippen molar-refractivity contribution in [3.05, 3.63) is 107 Å². The number of nitro benzene ring substituents is 1. The van der Waals surface area contributed by atoms with Crippen LogP contribution in [-0.2, 0) is 0 Å². The molecule has 1 aliphatic rings. The van der Waals surface area contributed by atoms with Gasteiger partial charge in [-0.05, 0) is 19.1 Å². The summed E-state index contributed by atoms with van der Waals surface area (Å²) in [6.45, 7) is 1.09. The van der Waals surface area contributed by atoms with Gasteiger partial charge in [-0.1, -0.05) is 76.2 Å². The fraction of sp³-hybridized carbons (Fsp3) is 0.0833. The van der Waals surface area contributed by atoms with Crippen molar-refractivity contribution in [2.75, 3.05) is 6.54 Å². The van der Waals surface area contributed by atoms with Gasteiger partial charge in [0.2, 0.25) is 0 Å². The molecule has 3 aromatic rings. The van der Waals surface area contributed by atoms with E-state index in [1.807, 2.05) is 6.92 Å². The lowest BCUT2D eigenvalue weighted by atomic mass is 10.1. The van der Waals surface area contributed by atoms with Crippen LogP contribution in [0.1, 0.15) is 47.0 Å². The monoisotopic (exact) mass is 579 g/mol. The Kier molecular flexibility index (Phi) is 7.25. The van der Waals surface area contributed by atoms with Crippen molar-refractivity contribution in [3.63, 3.8) is 0 Å². The molecule has 3 aromatic carbocycles. The third-order valence-corrected chi connectivity index (χ3v) is 7.35. The van der Waals surface area contributed by atoms with Crippen LogP contribution >= 0.6 is 46.4 Å². The SMILES string of the molecule is Cc1ccc(C(=O)CN(C(=O)c2ccc([N+](=O)[O-])cc2)N2C(=O)c3c(Cl)c(Cl)c(Cl)c(Cl)c3C2=O)cc1. The number of non-ortho nitro benzene ring substituents is 1. The van der Waals surface area contributed by atoms with E-state index in [4.69, 9.17) is 46.4 Å². The fourth-order valence-corrected chi connectivity index (χ4v) is 4.65. The Morgan fingerprint density at radius 2 is 1.27 bits per heavy atom. The largest absolute Gasteiger partial charge is 0.292 e. The van der Waals surface area contributed by atoms with Gasteiger partial charge in [0.25, 0.3) is 23.4 Å². The first-order valence-electron chi connectivity index (χ1n) is 10.3. The highest BCUT2D eigenvalue weighted by Crippen LogP contribution is 2.45. The number of hydrogen-bond acceptors (Lipinski definition) is 6. The number of Topliss-reactive ketones (excluding diaryl/α,β-unsaturated/α-hetero) is 1. The molecule has 0 radical (unpaired) electrons. The summed E-state index contributed by atoms with van der Waals surface area (Å²) in [4.78, 5) is 63.8. The van der Waals surface area contributed by atoms with Gasteiger partial charge < -0.3 is 0 Å². The van der Waals surface area contributed by atoms with Gasteiger partial charge in [0, 0.05) is 23.3 Å². The van der Waals surface area contributed by atoms with E-state index in [-0.39, 0.29) is 48.0 Å². The van der Waals surface area contributed by atoms with Gasteiger partial charge >= 0.3 is 0 Å². The molecule has 0 N–H and O–H groups in total. The number of halogens is 4. The molecule has 0 saturated carbocycles. The van der Waals surface area contributed by atoms with E-state index in [0.29, 0.717) is 10.0 Å². The normalized spacial score (nSPS) is 12.5. The Bertz CT molecular complexity index is 1460. The van der Waals surface area contributed by atoms with Gasteiger partial charge in [-0.2, -0.15) is 5.01 Å².